The van der Waals surface area contributed by atoms with Gasteiger partial charge in [0.25, 0.3) is 0 Å². The van der Waals surface area contributed by atoms with E-state index < -0.39 is 0 Å². The molecular formula is C8H12N2O3. The molecule has 72 valence electrons. The van der Waals surface area contributed by atoms with E-state index in [1.165, 1.54) is 0 Å². The second-order valence-electron chi connectivity index (χ2n) is 2.45. The Labute approximate surface area is 76.0 Å². The molecule has 0 atom stereocenters. The zero-order valence-electron chi connectivity index (χ0n) is 7.18. The molecular weight excluding hydrogens is 172 g/mol. The zero-order chi connectivity index (χ0) is 9.52. The highest BCUT2D eigenvalue weighted by Gasteiger charge is 1.96. The maximum Gasteiger partial charge on any atom is 0.233 e. The third-order valence-corrected chi connectivity index (χ3v) is 1.41. The lowest BCUT2D eigenvalue weighted by Gasteiger charge is -2.02. The smallest absolute Gasteiger partial charge is 0.233 e. The van der Waals surface area contributed by atoms with Gasteiger partial charge in [-0.1, -0.05) is 0 Å². The second kappa shape index (κ2) is 5.45. The van der Waals surface area contributed by atoms with Crippen LogP contribution in [0.15, 0.2) is 12.1 Å². The van der Waals surface area contributed by atoms with Gasteiger partial charge in [0, 0.05) is 19.1 Å². The summed E-state index contributed by atoms with van der Waals surface area (Å²) < 4.78 is 5.13. The van der Waals surface area contributed by atoms with Crippen molar-refractivity contribution in [3.8, 4) is 5.88 Å². The van der Waals surface area contributed by atoms with E-state index >= 15 is 0 Å². The van der Waals surface area contributed by atoms with Crippen LogP contribution < -0.4 is 4.74 Å². The van der Waals surface area contributed by atoms with Crippen molar-refractivity contribution in [2.45, 2.75) is 13.0 Å². The van der Waals surface area contributed by atoms with Crippen molar-refractivity contribution in [1.82, 2.24) is 10.2 Å². The fraction of sp³-hybridized carbons (Fsp3) is 0.500. The SMILES string of the molecule is OCCCOc1ccc(CO)nn1. The number of hydrogen-bond donors (Lipinski definition) is 2. The highest BCUT2D eigenvalue weighted by Crippen LogP contribution is 2.04. The Kier molecular flexibility index (Phi) is 4.14. The van der Waals surface area contributed by atoms with Crippen LogP contribution >= 0.6 is 0 Å². The number of hydrogen-bond acceptors (Lipinski definition) is 5. The van der Waals surface area contributed by atoms with E-state index in [0.717, 1.165) is 0 Å². The van der Waals surface area contributed by atoms with Gasteiger partial charge in [0.1, 0.15) is 0 Å². The summed E-state index contributed by atoms with van der Waals surface area (Å²) in [6.45, 7) is 0.399. The van der Waals surface area contributed by atoms with Crippen molar-refractivity contribution in [2.24, 2.45) is 0 Å². The Bertz CT molecular complexity index is 238. The van der Waals surface area contributed by atoms with E-state index in [9.17, 15) is 0 Å². The minimum absolute atomic E-state index is 0.0994. The molecule has 0 aliphatic carbocycles. The second-order valence-corrected chi connectivity index (χ2v) is 2.45. The largest absolute Gasteiger partial charge is 0.477 e. The summed E-state index contributed by atoms with van der Waals surface area (Å²) in [4.78, 5) is 0. The molecule has 13 heavy (non-hydrogen) atoms. The normalized spacial score (nSPS) is 10.0. The van der Waals surface area contributed by atoms with Crippen LogP contribution in [0.25, 0.3) is 0 Å². The number of aromatic nitrogens is 2. The van der Waals surface area contributed by atoms with Crippen molar-refractivity contribution < 1.29 is 14.9 Å². The summed E-state index contributed by atoms with van der Waals surface area (Å²) in [6, 6.07) is 3.28. The molecule has 0 bridgehead atoms. The Morgan fingerprint density at radius 1 is 1.23 bits per heavy atom. The highest BCUT2D eigenvalue weighted by molar-refractivity contribution is 5.10. The van der Waals surface area contributed by atoms with E-state index in [2.05, 4.69) is 10.2 Å². The molecule has 1 aromatic heterocycles. The Morgan fingerprint density at radius 3 is 2.62 bits per heavy atom. The first-order chi connectivity index (χ1) is 6.36. The number of rotatable bonds is 5. The third-order valence-electron chi connectivity index (χ3n) is 1.41. The summed E-state index contributed by atoms with van der Waals surface area (Å²) >= 11 is 0. The number of nitrogens with zero attached hydrogens (tertiary/aromatic N) is 2. The fourth-order valence-corrected chi connectivity index (χ4v) is 0.750. The lowest BCUT2D eigenvalue weighted by molar-refractivity contribution is 0.227. The first kappa shape index (κ1) is 9.88. The first-order valence-electron chi connectivity index (χ1n) is 4.04. The fourth-order valence-electron chi connectivity index (χ4n) is 0.750. The van der Waals surface area contributed by atoms with E-state index in [4.69, 9.17) is 14.9 Å². The van der Waals surface area contributed by atoms with Crippen molar-refractivity contribution in [1.29, 1.82) is 0 Å². The summed E-state index contributed by atoms with van der Waals surface area (Å²) in [6.07, 6.45) is 0.573. The van der Waals surface area contributed by atoms with E-state index in [1.54, 1.807) is 12.1 Å². The van der Waals surface area contributed by atoms with Crippen LogP contribution in [0.1, 0.15) is 12.1 Å². The Morgan fingerprint density at radius 2 is 2.08 bits per heavy atom. The van der Waals surface area contributed by atoms with E-state index in [-0.39, 0.29) is 13.2 Å². The van der Waals surface area contributed by atoms with Gasteiger partial charge in [-0.2, -0.15) is 0 Å². The molecule has 5 heteroatoms. The van der Waals surface area contributed by atoms with Crippen LogP contribution in [-0.4, -0.2) is 33.6 Å². The minimum Gasteiger partial charge on any atom is -0.477 e. The summed E-state index contributed by atoms with van der Waals surface area (Å²) in [5.74, 6) is 0.408. The summed E-state index contributed by atoms with van der Waals surface area (Å²) in [5, 5.41) is 24.5. The molecule has 0 aromatic carbocycles. The molecule has 0 saturated carbocycles. The van der Waals surface area contributed by atoms with Gasteiger partial charge >= 0.3 is 0 Å². The highest BCUT2D eigenvalue weighted by atomic mass is 16.5. The van der Waals surface area contributed by atoms with E-state index in [0.29, 0.717) is 24.6 Å². The molecule has 0 saturated heterocycles. The average molecular weight is 184 g/mol. The topological polar surface area (TPSA) is 75.5 Å². The van der Waals surface area contributed by atoms with Gasteiger partial charge < -0.3 is 14.9 Å². The van der Waals surface area contributed by atoms with Gasteiger partial charge in [-0.3, -0.25) is 0 Å². The summed E-state index contributed by atoms with van der Waals surface area (Å²) in [7, 11) is 0. The molecule has 0 unspecified atom stereocenters. The maximum absolute atomic E-state index is 8.67. The predicted molar refractivity (Wildman–Crippen MR) is 45.2 cm³/mol. The Balaban J connectivity index is 2.40. The molecule has 0 aliphatic heterocycles. The van der Waals surface area contributed by atoms with Crippen LogP contribution in [0.3, 0.4) is 0 Å². The standard InChI is InChI=1S/C8H12N2O3/c11-4-1-5-13-8-3-2-7(6-12)9-10-8/h2-3,11-12H,1,4-6H2. The molecule has 5 nitrogen and oxygen atoms in total. The lowest BCUT2D eigenvalue weighted by atomic mass is 10.4. The van der Waals surface area contributed by atoms with Crippen LogP contribution in [-0.2, 0) is 6.61 Å². The van der Waals surface area contributed by atoms with Gasteiger partial charge in [-0.25, -0.2) is 0 Å². The lowest BCUT2D eigenvalue weighted by Crippen LogP contribution is -2.02. The van der Waals surface area contributed by atoms with Crippen molar-refractivity contribution in [3.05, 3.63) is 17.8 Å². The van der Waals surface area contributed by atoms with Gasteiger partial charge in [-0.15, -0.1) is 10.2 Å². The number of aliphatic hydroxyl groups is 2. The van der Waals surface area contributed by atoms with Crippen LogP contribution in [0.4, 0.5) is 0 Å². The minimum atomic E-state index is -0.121. The molecule has 0 amide bonds. The third kappa shape index (κ3) is 3.35. The van der Waals surface area contributed by atoms with E-state index in [1.807, 2.05) is 0 Å². The van der Waals surface area contributed by atoms with Gasteiger partial charge in [0.15, 0.2) is 0 Å². The number of aliphatic hydroxyl groups excluding tert-OH is 2. The molecule has 2 N–H and O–H groups in total. The zero-order valence-corrected chi connectivity index (χ0v) is 7.18. The van der Waals surface area contributed by atoms with Gasteiger partial charge in [-0.05, 0) is 6.07 Å². The quantitative estimate of drug-likeness (QED) is 0.616. The molecule has 1 heterocycles. The van der Waals surface area contributed by atoms with Crippen molar-refractivity contribution in [2.75, 3.05) is 13.2 Å². The van der Waals surface area contributed by atoms with Gasteiger partial charge in [0.05, 0.1) is 18.9 Å². The molecule has 0 spiro atoms. The summed E-state index contributed by atoms with van der Waals surface area (Å²) in [5.41, 5.74) is 0.509. The molecule has 0 aliphatic rings. The van der Waals surface area contributed by atoms with Crippen molar-refractivity contribution in [3.63, 3.8) is 0 Å². The maximum atomic E-state index is 8.67. The molecule has 0 radical (unpaired) electrons. The van der Waals surface area contributed by atoms with Crippen LogP contribution in [0, 0.1) is 0 Å². The van der Waals surface area contributed by atoms with Crippen LogP contribution in [0.5, 0.6) is 5.88 Å². The predicted octanol–water partition coefficient (Wildman–Crippen LogP) is -0.270. The molecule has 1 rings (SSSR count). The monoisotopic (exact) mass is 184 g/mol. The Hall–Kier alpha value is -1.20. The molecule has 1 aromatic rings. The van der Waals surface area contributed by atoms with Gasteiger partial charge in [0.2, 0.25) is 5.88 Å². The van der Waals surface area contributed by atoms with Crippen LogP contribution in [0.2, 0.25) is 0 Å². The number of ether oxygens (including phenoxy) is 1. The average Bonchev–Trinajstić information content (AvgIpc) is 2.19. The first-order valence-corrected chi connectivity index (χ1v) is 4.04. The van der Waals surface area contributed by atoms with Crippen molar-refractivity contribution >= 4 is 0 Å². The molecule has 0 fully saturated rings.